The molecule has 0 spiro atoms. The first kappa shape index (κ1) is 24.9. The molecule has 0 unspecified atom stereocenters. The average Bonchev–Trinajstić information content (AvgIpc) is 2.97. The number of hydroxylamine groups is 1. The molecule has 38 heavy (non-hydrogen) atoms. The molecule has 1 fully saturated rings. The Labute approximate surface area is 217 Å². The highest BCUT2D eigenvalue weighted by Gasteiger charge is 2.19. The smallest absolute Gasteiger partial charge is 0.275 e. The number of benzene rings is 2. The molecule has 4 N–H and O–H groups in total. The van der Waals surface area contributed by atoms with Crippen molar-refractivity contribution in [1.82, 2.24) is 20.4 Å². The number of morpholine rings is 1. The van der Waals surface area contributed by atoms with Crippen LogP contribution in [0.5, 0.6) is 5.75 Å². The van der Waals surface area contributed by atoms with E-state index in [1.54, 1.807) is 35.9 Å². The van der Waals surface area contributed by atoms with E-state index < -0.39 is 11.8 Å². The lowest BCUT2D eigenvalue weighted by Gasteiger charge is -2.29. The van der Waals surface area contributed by atoms with E-state index in [1.165, 1.54) is 25.6 Å². The van der Waals surface area contributed by atoms with Gasteiger partial charge in [-0.3, -0.25) is 14.8 Å². The molecule has 0 aliphatic carbocycles. The zero-order valence-electron chi connectivity index (χ0n) is 20.5. The van der Waals surface area contributed by atoms with Crippen LogP contribution in [0.4, 0.5) is 23.0 Å². The summed E-state index contributed by atoms with van der Waals surface area (Å²) in [6.07, 6.45) is 3.16. The van der Waals surface area contributed by atoms with Gasteiger partial charge in [-0.1, -0.05) is 12.1 Å². The molecule has 194 valence electrons. The van der Waals surface area contributed by atoms with Crippen LogP contribution in [0.1, 0.15) is 20.7 Å². The number of methoxy groups -OCH3 is 1. The lowest BCUT2D eigenvalue weighted by molar-refractivity contribution is 0.0703. The third-order valence-corrected chi connectivity index (χ3v) is 6.09. The summed E-state index contributed by atoms with van der Waals surface area (Å²) < 4.78 is 10.9. The van der Waals surface area contributed by atoms with Crippen LogP contribution in [0.25, 0.3) is 10.9 Å². The van der Waals surface area contributed by atoms with E-state index in [4.69, 9.17) is 14.7 Å². The van der Waals surface area contributed by atoms with Gasteiger partial charge in [-0.25, -0.2) is 20.4 Å². The number of carbonyl (C=O) groups is 2. The van der Waals surface area contributed by atoms with E-state index in [0.29, 0.717) is 47.2 Å². The van der Waals surface area contributed by atoms with Gasteiger partial charge in [0.25, 0.3) is 11.8 Å². The summed E-state index contributed by atoms with van der Waals surface area (Å²) in [5, 5.41) is 15.7. The number of fused-ring (bicyclic) bond motifs is 1. The number of hydrogen-bond acceptors (Lipinski definition) is 10. The molecule has 1 aliphatic rings. The third-order valence-electron chi connectivity index (χ3n) is 6.09. The molecule has 0 atom stereocenters. The molecular weight excluding hydrogens is 490 g/mol. The van der Waals surface area contributed by atoms with Crippen molar-refractivity contribution in [1.29, 1.82) is 0 Å². The standard InChI is InChI=1S/C26H25N7O5/c1-37-22-14-20-19(13-21(22)30-25(34)17-4-2-3-5-18(17)26(35)32-36)24(29-15-28-20)31-23-12-16(6-7-27-23)33-8-10-38-11-9-33/h2-7,12-15,36H,8-11H2,1H3,(H,30,34)(H,32,35)(H,27,28,29,31). The Morgan fingerprint density at radius 1 is 1.00 bits per heavy atom. The minimum atomic E-state index is -0.798. The molecule has 1 aliphatic heterocycles. The number of amides is 2. The number of nitrogens with one attached hydrogen (secondary N) is 3. The second-order valence-electron chi connectivity index (χ2n) is 8.36. The predicted octanol–water partition coefficient (Wildman–Crippen LogP) is 2.98. The molecule has 2 amide bonds. The topological polar surface area (TPSA) is 151 Å². The number of pyridine rings is 1. The molecule has 2 aromatic carbocycles. The molecule has 4 aromatic rings. The number of carbonyl (C=O) groups excluding carboxylic acids is 2. The van der Waals surface area contributed by atoms with Gasteiger partial charge in [0.1, 0.15) is 23.7 Å². The minimum Gasteiger partial charge on any atom is -0.494 e. The second-order valence-corrected chi connectivity index (χ2v) is 8.36. The maximum Gasteiger partial charge on any atom is 0.275 e. The Balaban J connectivity index is 1.47. The lowest BCUT2D eigenvalue weighted by atomic mass is 10.1. The maximum absolute atomic E-state index is 13.1. The summed E-state index contributed by atoms with van der Waals surface area (Å²) >= 11 is 0. The van der Waals surface area contributed by atoms with Gasteiger partial charge in [0.15, 0.2) is 0 Å². The molecular formula is C26H25N7O5. The predicted molar refractivity (Wildman–Crippen MR) is 140 cm³/mol. The van der Waals surface area contributed by atoms with Gasteiger partial charge < -0.3 is 25.0 Å². The van der Waals surface area contributed by atoms with Gasteiger partial charge in [-0.2, -0.15) is 0 Å². The van der Waals surface area contributed by atoms with Crippen LogP contribution in [0, 0.1) is 0 Å². The Bertz CT molecular complexity index is 1490. The van der Waals surface area contributed by atoms with Gasteiger partial charge in [0.2, 0.25) is 0 Å². The van der Waals surface area contributed by atoms with Crippen molar-refractivity contribution in [3.05, 3.63) is 72.2 Å². The first-order valence-corrected chi connectivity index (χ1v) is 11.8. The third kappa shape index (κ3) is 5.16. The maximum atomic E-state index is 13.1. The zero-order chi connectivity index (χ0) is 26.5. The fourth-order valence-electron chi connectivity index (χ4n) is 4.21. The molecule has 1 saturated heterocycles. The summed E-state index contributed by atoms with van der Waals surface area (Å²) in [6, 6.07) is 13.4. The molecule has 0 saturated carbocycles. The van der Waals surface area contributed by atoms with E-state index in [0.717, 1.165) is 18.8 Å². The summed E-state index contributed by atoms with van der Waals surface area (Å²) in [6.45, 7) is 2.94. The van der Waals surface area contributed by atoms with E-state index in [1.807, 2.05) is 12.1 Å². The van der Waals surface area contributed by atoms with E-state index in [2.05, 4.69) is 30.5 Å². The summed E-state index contributed by atoms with van der Waals surface area (Å²) in [5.41, 5.74) is 3.60. The number of aromatic nitrogens is 3. The van der Waals surface area contributed by atoms with Crippen LogP contribution in [-0.4, -0.2) is 65.4 Å². The van der Waals surface area contributed by atoms with Crippen LogP contribution in [0.3, 0.4) is 0 Å². The van der Waals surface area contributed by atoms with E-state index in [-0.39, 0.29) is 11.1 Å². The Kier molecular flexibility index (Phi) is 7.24. The highest BCUT2D eigenvalue weighted by atomic mass is 16.5. The summed E-state index contributed by atoms with van der Waals surface area (Å²) in [7, 11) is 1.48. The minimum absolute atomic E-state index is 0.0177. The molecule has 5 rings (SSSR count). The summed E-state index contributed by atoms with van der Waals surface area (Å²) in [4.78, 5) is 40.5. The average molecular weight is 516 g/mol. The van der Waals surface area contributed by atoms with Gasteiger partial charge in [-0.15, -0.1) is 0 Å². The zero-order valence-corrected chi connectivity index (χ0v) is 20.5. The fourth-order valence-corrected chi connectivity index (χ4v) is 4.21. The van der Waals surface area contributed by atoms with Crippen LogP contribution < -0.4 is 25.8 Å². The molecule has 0 bridgehead atoms. The van der Waals surface area contributed by atoms with Crippen LogP contribution in [-0.2, 0) is 4.74 Å². The highest BCUT2D eigenvalue weighted by Crippen LogP contribution is 2.33. The number of nitrogens with zero attached hydrogens (tertiary/aromatic N) is 4. The van der Waals surface area contributed by atoms with Crippen molar-refractivity contribution in [2.75, 3.05) is 48.9 Å². The number of rotatable bonds is 7. The molecule has 12 nitrogen and oxygen atoms in total. The van der Waals surface area contributed by atoms with Crippen LogP contribution >= 0.6 is 0 Å². The van der Waals surface area contributed by atoms with Gasteiger partial charge in [0, 0.05) is 42.5 Å². The highest BCUT2D eigenvalue weighted by molar-refractivity contribution is 6.13. The van der Waals surface area contributed by atoms with Crippen molar-refractivity contribution < 1.29 is 24.3 Å². The van der Waals surface area contributed by atoms with Gasteiger partial charge in [0.05, 0.1) is 42.7 Å². The van der Waals surface area contributed by atoms with Crippen LogP contribution in [0.15, 0.2) is 61.1 Å². The monoisotopic (exact) mass is 515 g/mol. The largest absolute Gasteiger partial charge is 0.494 e. The fraction of sp³-hybridized carbons (Fsp3) is 0.192. The molecule has 0 radical (unpaired) electrons. The summed E-state index contributed by atoms with van der Waals surface area (Å²) in [5.74, 6) is 0.0900. The SMILES string of the molecule is COc1cc2ncnc(Nc3cc(N4CCOCC4)ccn3)c2cc1NC(=O)c1ccccc1C(=O)NO. The van der Waals surface area contributed by atoms with Crippen LogP contribution in [0.2, 0.25) is 0 Å². The number of hydrogen-bond donors (Lipinski definition) is 4. The Hall–Kier alpha value is -4.81. The van der Waals surface area contributed by atoms with Gasteiger partial charge in [-0.05, 0) is 24.3 Å². The van der Waals surface area contributed by atoms with E-state index in [9.17, 15) is 9.59 Å². The quantitative estimate of drug-likeness (QED) is 0.214. The lowest BCUT2D eigenvalue weighted by Crippen LogP contribution is -2.36. The number of anilines is 4. The van der Waals surface area contributed by atoms with Crippen molar-refractivity contribution in [3.8, 4) is 5.75 Å². The van der Waals surface area contributed by atoms with Crippen molar-refractivity contribution >= 4 is 45.7 Å². The number of ether oxygens (including phenoxy) is 2. The Morgan fingerprint density at radius 3 is 2.50 bits per heavy atom. The second kappa shape index (κ2) is 11.1. The first-order valence-electron chi connectivity index (χ1n) is 11.8. The van der Waals surface area contributed by atoms with Gasteiger partial charge >= 0.3 is 0 Å². The molecule has 2 aromatic heterocycles. The van der Waals surface area contributed by atoms with E-state index >= 15 is 0 Å². The molecule has 3 heterocycles. The first-order chi connectivity index (χ1) is 18.6. The molecule has 12 heteroatoms. The van der Waals surface area contributed by atoms with Crippen molar-refractivity contribution in [3.63, 3.8) is 0 Å². The van der Waals surface area contributed by atoms with Crippen molar-refractivity contribution in [2.45, 2.75) is 0 Å². The van der Waals surface area contributed by atoms with Crippen molar-refractivity contribution in [2.24, 2.45) is 0 Å². The normalized spacial score (nSPS) is 13.2. The Morgan fingerprint density at radius 2 is 1.76 bits per heavy atom.